The molecule has 0 spiro atoms. The molecular formula is C22H19BrN2O. The van der Waals surface area contributed by atoms with Crippen LogP contribution in [0.25, 0.3) is 0 Å². The summed E-state index contributed by atoms with van der Waals surface area (Å²) in [6, 6.07) is 28.1. The summed E-state index contributed by atoms with van der Waals surface area (Å²) < 4.78 is 6.94. The van der Waals surface area contributed by atoms with Crippen molar-refractivity contribution in [2.75, 3.05) is 11.9 Å². The number of anilines is 1. The average Bonchev–Trinajstić information content (AvgIpc) is 2.69. The van der Waals surface area contributed by atoms with E-state index >= 15 is 0 Å². The monoisotopic (exact) mass is 406 g/mol. The van der Waals surface area contributed by atoms with Crippen molar-refractivity contribution in [2.45, 2.75) is 12.5 Å². The molecule has 0 saturated carbocycles. The van der Waals surface area contributed by atoms with Crippen molar-refractivity contribution >= 4 is 21.6 Å². The maximum absolute atomic E-state index is 9.70. The third-order valence-electron chi connectivity index (χ3n) is 4.02. The third-order valence-corrected chi connectivity index (χ3v) is 4.52. The summed E-state index contributed by atoms with van der Waals surface area (Å²) in [6.07, 6.45) is 0. The number of nitrogens with one attached hydrogen (secondary N) is 1. The maximum Gasteiger partial charge on any atom is 0.124 e. The molecule has 0 aliphatic carbocycles. The molecule has 3 aromatic rings. The highest BCUT2D eigenvalue weighted by atomic mass is 79.9. The van der Waals surface area contributed by atoms with Gasteiger partial charge in [0.2, 0.25) is 0 Å². The van der Waals surface area contributed by atoms with Crippen LogP contribution in [0.15, 0.2) is 83.3 Å². The van der Waals surface area contributed by atoms with Gasteiger partial charge >= 0.3 is 0 Å². The quantitative estimate of drug-likeness (QED) is 0.543. The minimum Gasteiger partial charge on any atom is -0.489 e. The first-order chi connectivity index (χ1) is 12.8. The van der Waals surface area contributed by atoms with Crippen LogP contribution in [-0.2, 0) is 6.61 Å². The lowest BCUT2D eigenvalue weighted by Crippen LogP contribution is -2.12. The van der Waals surface area contributed by atoms with E-state index in [1.54, 1.807) is 0 Å². The Kier molecular flexibility index (Phi) is 6.29. The van der Waals surface area contributed by atoms with Gasteiger partial charge in [0.25, 0.3) is 0 Å². The van der Waals surface area contributed by atoms with Gasteiger partial charge in [-0.25, -0.2) is 0 Å². The van der Waals surface area contributed by atoms with Crippen molar-refractivity contribution in [3.8, 4) is 11.8 Å². The van der Waals surface area contributed by atoms with E-state index in [0.29, 0.717) is 13.2 Å². The van der Waals surface area contributed by atoms with Crippen molar-refractivity contribution in [3.63, 3.8) is 0 Å². The molecule has 1 unspecified atom stereocenters. The van der Waals surface area contributed by atoms with Crippen LogP contribution in [0.5, 0.6) is 5.75 Å². The molecule has 26 heavy (non-hydrogen) atoms. The molecule has 0 amide bonds. The van der Waals surface area contributed by atoms with Crippen LogP contribution in [-0.4, -0.2) is 6.54 Å². The van der Waals surface area contributed by atoms with Gasteiger partial charge in [-0.2, -0.15) is 5.26 Å². The fraction of sp³-hybridized carbons (Fsp3) is 0.136. The third kappa shape index (κ3) is 4.87. The first-order valence-electron chi connectivity index (χ1n) is 8.41. The lowest BCUT2D eigenvalue weighted by molar-refractivity contribution is 0.302. The molecule has 3 aromatic carbocycles. The fourth-order valence-electron chi connectivity index (χ4n) is 2.66. The molecule has 0 heterocycles. The predicted molar refractivity (Wildman–Crippen MR) is 108 cm³/mol. The Morgan fingerprint density at radius 3 is 2.35 bits per heavy atom. The molecule has 4 heteroatoms. The van der Waals surface area contributed by atoms with E-state index in [1.165, 1.54) is 0 Å². The molecule has 1 atom stereocenters. The standard InChI is InChI=1S/C22H19BrN2O/c23-19-11-12-22(26-16-17-7-3-1-4-8-17)21(13-19)18(14-24)15-25-20-9-5-2-6-10-20/h1-13,18,25H,15-16H2. The molecule has 0 aliphatic heterocycles. The van der Waals surface area contributed by atoms with Gasteiger partial charge in [-0.3, -0.25) is 0 Å². The second kappa shape index (κ2) is 9.07. The summed E-state index contributed by atoms with van der Waals surface area (Å²) in [4.78, 5) is 0. The average molecular weight is 407 g/mol. The molecule has 3 rings (SSSR count). The lowest BCUT2D eigenvalue weighted by atomic mass is 9.99. The van der Waals surface area contributed by atoms with Gasteiger partial charge in [-0.05, 0) is 35.9 Å². The van der Waals surface area contributed by atoms with Gasteiger partial charge in [0.05, 0.1) is 12.0 Å². The maximum atomic E-state index is 9.70. The summed E-state index contributed by atoms with van der Waals surface area (Å²) in [7, 11) is 0. The zero-order valence-corrected chi connectivity index (χ0v) is 15.8. The Labute approximate surface area is 162 Å². The summed E-state index contributed by atoms with van der Waals surface area (Å²) in [6.45, 7) is 0.985. The van der Waals surface area contributed by atoms with Gasteiger partial charge in [-0.15, -0.1) is 0 Å². The largest absolute Gasteiger partial charge is 0.489 e. The molecule has 0 bridgehead atoms. The van der Waals surface area contributed by atoms with Gasteiger partial charge in [0, 0.05) is 22.3 Å². The van der Waals surface area contributed by atoms with Crippen LogP contribution in [0.2, 0.25) is 0 Å². The highest BCUT2D eigenvalue weighted by molar-refractivity contribution is 9.10. The molecule has 130 valence electrons. The number of rotatable bonds is 7. The normalized spacial score (nSPS) is 11.4. The summed E-state index contributed by atoms with van der Waals surface area (Å²) in [5, 5.41) is 13.0. The van der Waals surface area contributed by atoms with Crippen LogP contribution < -0.4 is 10.1 Å². The van der Waals surface area contributed by atoms with Gasteiger partial charge in [0.1, 0.15) is 12.4 Å². The molecule has 1 N–H and O–H groups in total. The zero-order chi connectivity index (χ0) is 18.2. The Balaban J connectivity index is 1.75. The van der Waals surface area contributed by atoms with E-state index in [-0.39, 0.29) is 5.92 Å². The van der Waals surface area contributed by atoms with E-state index in [4.69, 9.17) is 4.74 Å². The Morgan fingerprint density at radius 1 is 0.962 bits per heavy atom. The number of nitriles is 1. The highest BCUT2D eigenvalue weighted by Crippen LogP contribution is 2.30. The Morgan fingerprint density at radius 2 is 1.65 bits per heavy atom. The van der Waals surface area contributed by atoms with Gasteiger partial charge < -0.3 is 10.1 Å². The number of nitrogens with zero attached hydrogens (tertiary/aromatic N) is 1. The number of halogens is 1. The van der Waals surface area contributed by atoms with Crippen LogP contribution >= 0.6 is 15.9 Å². The molecule has 0 radical (unpaired) electrons. The van der Waals surface area contributed by atoms with E-state index in [1.807, 2.05) is 78.9 Å². The van der Waals surface area contributed by atoms with Crippen LogP contribution in [0.3, 0.4) is 0 Å². The number of hydrogen-bond acceptors (Lipinski definition) is 3. The first kappa shape index (κ1) is 18.0. The highest BCUT2D eigenvalue weighted by Gasteiger charge is 2.17. The molecule has 0 saturated heterocycles. The van der Waals surface area contributed by atoms with E-state index < -0.39 is 0 Å². The van der Waals surface area contributed by atoms with E-state index in [2.05, 4.69) is 27.3 Å². The Hall–Kier alpha value is -2.77. The SMILES string of the molecule is N#CC(CNc1ccccc1)c1cc(Br)ccc1OCc1ccccc1. The summed E-state index contributed by atoms with van der Waals surface area (Å²) in [5.41, 5.74) is 2.97. The Bertz CT molecular complexity index is 876. The minimum absolute atomic E-state index is 0.321. The molecule has 0 fully saturated rings. The zero-order valence-electron chi connectivity index (χ0n) is 14.2. The first-order valence-corrected chi connectivity index (χ1v) is 9.20. The number of hydrogen-bond donors (Lipinski definition) is 1. The van der Waals surface area contributed by atoms with Crippen molar-refractivity contribution in [1.29, 1.82) is 5.26 Å². The summed E-state index contributed by atoms with van der Waals surface area (Å²) >= 11 is 3.50. The topological polar surface area (TPSA) is 45.0 Å². The smallest absolute Gasteiger partial charge is 0.124 e. The minimum atomic E-state index is -0.321. The van der Waals surface area contributed by atoms with Crippen molar-refractivity contribution in [3.05, 3.63) is 94.5 Å². The van der Waals surface area contributed by atoms with Gasteiger partial charge in [-0.1, -0.05) is 64.5 Å². The van der Waals surface area contributed by atoms with E-state index in [9.17, 15) is 5.26 Å². The summed E-state index contributed by atoms with van der Waals surface area (Å²) in [5.74, 6) is 0.414. The second-order valence-corrected chi connectivity index (χ2v) is 6.80. The molecular weight excluding hydrogens is 388 g/mol. The lowest BCUT2D eigenvalue weighted by Gasteiger charge is -2.17. The molecule has 3 nitrogen and oxygen atoms in total. The van der Waals surface area contributed by atoms with Crippen LogP contribution in [0, 0.1) is 11.3 Å². The number of benzene rings is 3. The molecule has 0 aromatic heterocycles. The number of para-hydroxylation sites is 1. The van der Waals surface area contributed by atoms with Crippen LogP contribution in [0.1, 0.15) is 17.0 Å². The number of ether oxygens (including phenoxy) is 1. The van der Waals surface area contributed by atoms with Crippen LogP contribution in [0.4, 0.5) is 5.69 Å². The van der Waals surface area contributed by atoms with Crippen molar-refractivity contribution in [2.24, 2.45) is 0 Å². The van der Waals surface area contributed by atoms with Crippen molar-refractivity contribution < 1.29 is 4.74 Å². The molecule has 0 aliphatic rings. The van der Waals surface area contributed by atoms with Gasteiger partial charge in [0.15, 0.2) is 0 Å². The predicted octanol–water partition coefficient (Wildman–Crippen LogP) is 5.75. The fourth-order valence-corrected chi connectivity index (χ4v) is 3.04. The van der Waals surface area contributed by atoms with E-state index in [0.717, 1.165) is 27.0 Å². The second-order valence-electron chi connectivity index (χ2n) is 5.89. The van der Waals surface area contributed by atoms with Crippen molar-refractivity contribution in [1.82, 2.24) is 0 Å².